The van der Waals surface area contributed by atoms with Crippen LogP contribution in [0.2, 0.25) is 0 Å². The van der Waals surface area contributed by atoms with Crippen molar-refractivity contribution < 1.29 is 14.7 Å². The molecule has 0 aliphatic carbocycles. The van der Waals surface area contributed by atoms with Gasteiger partial charge in [0.2, 0.25) is 5.91 Å². The van der Waals surface area contributed by atoms with Gasteiger partial charge in [0.05, 0.1) is 0 Å². The van der Waals surface area contributed by atoms with Crippen LogP contribution in [0, 0.1) is 0 Å². The van der Waals surface area contributed by atoms with Crippen LogP contribution < -0.4 is 10.6 Å². The van der Waals surface area contributed by atoms with Crippen LogP contribution in [0.1, 0.15) is 25.0 Å². The first-order chi connectivity index (χ1) is 10.6. The van der Waals surface area contributed by atoms with Crippen LogP contribution in [0.15, 0.2) is 54.6 Å². The first kappa shape index (κ1) is 15.7. The molecule has 0 spiro atoms. The van der Waals surface area contributed by atoms with Crippen LogP contribution in [0.3, 0.4) is 0 Å². The van der Waals surface area contributed by atoms with E-state index in [1.807, 2.05) is 6.07 Å². The molecule has 0 aromatic heterocycles. The summed E-state index contributed by atoms with van der Waals surface area (Å²) >= 11 is 0. The molecule has 1 unspecified atom stereocenters. The average Bonchev–Trinajstić information content (AvgIpc) is 2.55. The average molecular weight is 298 g/mol. The topological polar surface area (TPSA) is 78.4 Å². The fourth-order valence-electron chi connectivity index (χ4n) is 1.92. The summed E-state index contributed by atoms with van der Waals surface area (Å²) in [7, 11) is 0. The van der Waals surface area contributed by atoms with E-state index in [9.17, 15) is 14.7 Å². The molecule has 0 aliphatic rings. The highest BCUT2D eigenvalue weighted by Crippen LogP contribution is 2.18. The van der Waals surface area contributed by atoms with Crippen molar-refractivity contribution in [3.63, 3.8) is 0 Å². The quantitative estimate of drug-likeness (QED) is 0.794. The predicted molar refractivity (Wildman–Crippen MR) is 85.4 cm³/mol. The molecule has 22 heavy (non-hydrogen) atoms. The largest absolute Gasteiger partial charge is 0.378 e. The molecule has 0 bridgehead atoms. The lowest BCUT2D eigenvalue weighted by Crippen LogP contribution is -2.20. The molecule has 2 rings (SSSR count). The first-order valence-corrected chi connectivity index (χ1v) is 7.04. The van der Waals surface area contributed by atoms with Crippen molar-refractivity contribution in [2.75, 3.05) is 10.6 Å². The summed E-state index contributed by atoms with van der Waals surface area (Å²) in [6.07, 6.45) is -0.862. The van der Waals surface area contributed by atoms with E-state index in [4.69, 9.17) is 0 Å². The Hall–Kier alpha value is -2.66. The van der Waals surface area contributed by atoms with E-state index >= 15 is 0 Å². The van der Waals surface area contributed by atoms with Crippen LogP contribution in [0.25, 0.3) is 0 Å². The summed E-state index contributed by atoms with van der Waals surface area (Å²) in [4.78, 5) is 23.4. The Kier molecular flexibility index (Phi) is 5.27. The van der Waals surface area contributed by atoms with Gasteiger partial charge in [0.1, 0.15) is 0 Å². The molecule has 0 radical (unpaired) electrons. The van der Waals surface area contributed by atoms with Gasteiger partial charge in [-0.3, -0.25) is 9.59 Å². The van der Waals surface area contributed by atoms with E-state index in [0.29, 0.717) is 23.4 Å². The number of carbonyl (C=O) groups is 2. The first-order valence-electron chi connectivity index (χ1n) is 7.04. The number of amides is 2. The third-order valence-electron chi connectivity index (χ3n) is 3.10. The van der Waals surface area contributed by atoms with Crippen molar-refractivity contribution >= 4 is 23.2 Å². The van der Waals surface area contributed by atoms with Crippen LogP contribution in [0.4, 0.5) is 11.4 Å². The van der Waals surface area contributed by atoms with Crippen LogP contribution >= 0.6 is 0 Å². The number of hydrogen-bond donors (Lipinski definition) is 3. The lowest BCUT2D eigenvalue weighted by Gasteiger charge is -2.12. The smallest absolute Gasteiger partial charge is 0.257 e. The molecule has 3 N–H and O–H groups in total. The summed E-state index contributed by atoms with van der Waals surface area (Å²) < 4.78 is 0. The van der Waals surface area contributed by atoms with Gasteiger partial charge < -0.3 is 15.7 Å². The van der Waals surface area contributed by atoms with E-state index in [-0.39, 0.29) is 5.91 Å². The normalized spacial score (nSPS) is 11.5. The minimum atomic E-state index is -1.24. The Morgan fingerprint density at radius 3 is 2.27 bits per heavy atom. The van der Waals surface area contributed by atoms with E-state index in [2.05, 4.69) is 10.6 Å². The standard InChI is InChI=1S/C17H18N2O3/c1-2-15(20)18-13-9-6-10-14(11-13)19-17(22)16(21)12-7-4-3-5-8-12/h3-11,16,21H,2H2,1H3,(H,18,20)(H,19,22). The molecular formula is C17H18N2O3. The van der Waals surface area contributed by atoms with Crippen molar-refractivity contribution in [2.45, 2.75) is 19.4 Å². The molecule has 0 aliphatic heterocycles. The highest BCUT2D eigenvalue weighted by Gasteiger charge is 2.17. The van der Waals surface area contributed by atoms with Gasteiger partial charge >= 0.3 is 0 Å². The molecule has 0 heterocycles. The van der Waals surface area contributed by atoms with Gasteiger partial charge in [0, 0.05) is 17.8 Å². The number of benzene rings is 2. The molecule has 2 aromatic carbocycles. The van der Waals surface area contributed by atoms with Crippen molar-refractivity contribution in [3.05, 3.63) is 60.2 Å². The highest BCUT2D eigenvalue weighted by molar-refractivity contribution is 5.96. The zero-order chi connectivity index (χ0) is 15.9. The Balaban J connectivity index is 2.05. The number of nitrogens with one attached hydrogen (secondary N) is 2. The number of hydrogen-bond acceptors (Lipinski definition) is 3. The molecule has 5 nitrogen and oxygen atoms in total. The molecule has 2 amide bonds. The second-order valence-electron chi connectivity index (χ2n) is 4.79. The van der Waals surface area contributed by atoms with Crippen molar-refractivity contribution in [3.8, 4) is 0 Å². The number of aliphatic hydroxyl groups excluding tert-OH is 1. The van der Waals surface area contributed by atoms with Gasteiger partial charge in [-0.25, -0.2) is 0 Å². The zero-order valence-corrected chi connectivity index (χ0v) is 12.2. The van der Waals surface area contributed by atoms with Gasteiger partial charge in [0.15, 0.2) is 6.10 Å². The van der Waals surface area contributed by atoms with E-state index in [1.54, 1.807) is 55.5 Å². The minimum absolute atomic E-state index is 0.104. The maximum absolute atomic E-state index is 12.1. The van der Waals surface area contributed by atoms with Crippen molar-refractivity contribution in [2.24, 2.45) is 0 Å². The van der Waals surface area contributed by atoms with Gasteiger partial charge in [-0.2, -0.15) is 0 Å². The molecule has 114 valence electrons. The van der Waals surface area contributed by atoms with E-state index in [0.717, 1.165) is 0 Å². The number of carbonyl (C=O) groups excluding carboxylic acids is 2. The third kappa shape index (κ3) is 4.17. The maximum atomic E-state index is 12.1. The lowest BCUT2D eigenvalue weighted by molar-refractivity contribution is -0.124. The Bertz CT molecular complexity index is 656. The van der Waals surface area contributed by atoms with Crippen molar-refractivity contribution in [1.82, 2.24) is 0 Å². The lowest BCUT2D eigenvalue weighted by atomic mass is 10.1. The number of anilines is 2. The van der Waals surface area contributed by atoms with Gasteiger partial charge in [-0.15, -0.1) is 0 Å². The van der Waals surface area contributed by atoms with Crippen LogP contribution in [-0.4, -0.2) is 16.9 Å². The Morgan fingerprint density at radius 1 is 1.00 bits per heavy atom. The molecule has 2 aromatic rings. The fraction of sp³-hybridized carbons (Fsp3) is 0.176. The second-order valence-corrected chi connectivity index (χ2v) is 4.79. The summed E-state index contributed by atoms with van der Waals surface area (Å²) in [5.74, 6) is -0.627. The van der Waals surface area contributed by atoms with E-state index < -0.39 is 12.0 Å². The van der Waals surface area contributed by atoms with Crippen LogP contribution in [0.5, 0.6) is 0 Å². The summed E-state index contributed by atoms with van der Waals surface area (Å²) in [6.45, 7) is 1.76. The highest BCUT2D eigenvalue weighted by atomic mass is 16.3. The summed E-state index contributed by atoms with van der Waals surface area (Å²) in [5, 5.41) is 15.4. The number of rotatable bonds is 5. The maximum Gasteiger partial charge on any atom is 0.257 e. The van der Waals surface area contributed by atoms with Crippen LogP contribution in [-0.2, 0) is 9.59 Å². The minimum Gasteiger partial charge on any atom is -0.378 e. The molecular weight excluding hydrogens is 280 g/mol. The molecule has 0 saturated carbocycles. The van der Waals surface area contributed by atoms with Crippen molar-refractivity contribution in [1.29, 1.82) is 0 Å². The Morgan fingerprint density at radius 2 is 1.64 bits per heavy atom. The molecule has 5 heteroatoms. The number of aliphatic hydroxyl groups is 1. The summed E-state index contributed by atoms with van der Waals surface area (Å²) in [5.41, 5.74) is 1.63. The fourth-order valence-corrected chi connectivity index (χ4v) is 1.92. The Labute approximate surface area is 129 Å². The predicted octanol–water partition coefficient (Wildman–Crippen LogP) is 2.71. The van der Waals surface area contributed by atoms with Gasteiger partial charge in [-0.1, -0.05) is 43.3 Å². The second kappa shape index (κ2) is 7.38. The third-order valence-corrected chi connectivity index (χ3v) is 3.10. The molecule has 0 saturated heterocycles. The van der Waals surface area contributed by atoms with Gasteiger partial charge in [0.25, 0.3) is 5.91 Å². The van der Waals surface area contributed by atoms with Gasteiger partial charge in [-0.05, 0) is 23.8 Å². The molecule has 1 atom stereocenters. The zero-order valence-electron chi connectivity index (χ0n) is 12.2. The SMILES string of the molecule is CCC(=O)Nc1cccc(NC(=O)C(O)c2ccccc2)c1. The summed E-state index contributed by atoms with van der Waals surface area (Å²) in [6, 6.07) is 15.5. The molecule has 0 fully saturated rings. The monoisotopic (exact) mass is 298 g/mol. The van der Waals surface area contributed by atoms with E-state index in [1.165, 1.54) is 0 Å².